The van der Waals surface area contributed by atoms with Crippen LogP contribution in [0.3, 0.4) is 0 Å². The predicted octanol–water partition coefficient (Wildman–Crippen LogP) is 4.43. The molecule has 0 atom stereocenters. The van der Waals surface area contributed by atoms with Gasteiger partial charge in [0.15, 0.2) is 0 Å². The summed E-state index contributed by atoms with van der Waals surface area (Å²) < 4.78 is 19.9. The van der Waals surface area contributed by atoms with Crippen molar-refractivity contribution in [1.29, 1.82) is 0 Å². The maximum absolute atomic E-state index is 14.3. The van der Waals surface area contributed by atoms with Crippen LogP contribution in [0.2, 0.25) is 0 Å². The number of nitrogens with zero attached hydrogens (tertiary/aromatic N) is 5. The number of fused-ring (bicyclic) bond motifs is 2. The molecule has 2 fully saturated rings. The smallest absolute Gasteiger partial charge is 0.134 e. The lowest BCUT2D eigenvalue weighted by Gasteiger charge is -2.44. The molecule has 0 spiro atoms. The van der Waals surface area contributed by atoms with Crippen LogP contribution < -0.4 is 14.5 Å². The Balaban J connectivity index is 1.12. The monoisotopic (exact) mass is 487 g/mol. The molecule has 0 unspecified atom stereocenters. The first-order valence-corrected chi connectivity index (χ1v) is 12.5. The third kappa shape index (κ3) is 4.15. The molecule has 0 saturated carbocycles. The van der Waals surface area contributed by atoms with Gasteiger partial charge in [-0.1, -0.05) is 6.07 Å². The zero-order valence-electron chi connectivity index (χ0n) is 20.4. The second kappa shape index (κ2) is 9.43. The minimum absolute atomic E-state index is 0.0193. The number of ether oxygens (including phenoxy) is 1. The first-order valence-electron chi connectivity index (χ1n) is 12.5. The number of hydrogen-bond donors (Lipinski definition) is 1. The third-order valence-corrected chi connectivity index (χ3v) is 7.63. The van der Waals surface area contributed by atoms with Crippen LogP contribution in [-0.2, 0) is 0 Å². The number of piperidine rings is 1. The molecule has 0 amide bonds. The van der Waals surface area contributed by atoms with Gasteiger partial charge < -0.3 is 19.6 Å². The molecule has 1 N–H and O–H groups in total. The van der Waals surface area contributed by atoms with Crippen LogP contribution in [0.4, 0.5) is 15.8 Å². The summed E-state index contributed by atoms with van der Waals surface area (Å²) in [5, 5.41) is 11.2. The second-order valence-corrected chi connectivity index (χ2v) is 9.62. The first-order chi connectivity index (χ1) is 17.6. The summed E-state index contributed by atoms with van der Waals surface area (Å²) in [5.74, 6) is 0.483. The highest BCUT2D eigenvalue weighted by Crippen LogP contribution is 2.34. The van der Waals surface area contributed by atoms with Crippen molar-refractivity contribution in [3.8, 4) is 11.5 Å². The molecule has 6 rings (SSSR count). The van der Waals surface area contributed by atoms with E-state index >= 15 is 0 Å². The zero-order chi connectivity index (χ0) is 24.6. The van der Waals surface area contributed by atoms with Gasteiger partial charge in [-0.3, -0.25) is 14.9 Å². The number of piperazine rings is 1. The fraction of sp³-hybridized carbons (Fsp3) is 0.357. The molecular formula is C28H30FN5O2. The molecule has 7 nitrogen and oxygen atoms in total. The van der Waals surface area contributed by atoms with E-state index < -0.39 is 0 Å². The Kier molecular flexibility index (Phi) is 5.97. The lowest BCUT2D eigenvalue weighted by atomic mass is 10.0. The van der Waals surface area contributed by atoms with Crippen molar-refractivity contribution in [2.45, 2.75) is 18.9 Å². The highest BCUT2D eigenvalue weighted by Gasteiger charge is 2.29. The molecule has 0 radical (unpaired) electrons. The van der Waals surface area contributed by atoms with E-state index in [0.717, 1.165) is 80.1 Å². The molecule has 2 aliphatic heterocycles. The summed E-state index contributed by atoms with van der Waals surface area (Å²) in [7, 11) is 1.71. The van der Waals surface area contributed by atoms with Crippen LogP contribution in [0.15, 0.2) is 54.9 Å². The number of benzene rings is 2. The van der Waals surface area contributed by atoms with Crippen molar-refractivity contribution >= 4 is 33.2 Å². The van der Waals surface area contributed by atoms with Crippen molar-refractivity contribution in [1.82, 2.24) is 14.9 Å². The van der Waals surface area contributed by atoms with Crippen molar-refractivity contribution < 1.29 is 14.2 Å². The first kappa shape index (κ1) is 22.8. The predicted molar refractivity (Wildman–Crippen MR) is 141 cm³/mol. The lowest BCUT2D eigenvalue weighted by Crippen LogP contribution is -2.53. The van der Waals surface area contributed by atoms with Crippen molar-refractivity contribution in [2.24, 2.45) is 0 Å². The number of aromatic nitrogens is 2. The number of rotatable bonds is 4. The molecule has 186 valence electrons. The van der Waals surface area contributed by atoms with E-state index in [1.165, 1.54) is 18.3 Å². The number of methoxy groups -OCH3 is 1. The molecule has 8 heteroatoms. The molecule has 0 aliphatic carbocycles. The Labute approximate surface area is 209 Å². The van der Waals surface area contributed by atoms with Crippen molar-refractivity contribution in [3.05, 3.63) is 60.7 Å². The molecule has 4 heterocycles. The summed E-state index contributed by atoms with van der Waals surface area (Å²) in [6, 6.07) is 13.5. The SMILES string of the molecule is COc1cc(N2CCN(C3CCN(c4ccc(F)c5cc(O)cnc45)CC3)CC2)c2ncccc2c1. The van der Waals surface area contributed by atoms with Gasteiger partial charge in [0, 0.05) is 68.3 Å². The standard InChI is InChI=1S/C28H30FN5O2/c1-36-22-15-19-3-2-8-30-27(19)26(17-22)34-13-11-32(12-14-34)20-6-9-33(10-7-20)25-5-4-24(29)23-16-21(35)18-31-28(23)25/h2-5,8,15-18,20,35H,6-7,9-14H2,1H3. The topological polar surface area (TPSA) is 65.0 Å². The molecule has 0 bridgehead atoms. The van der Waals surface area contributed by atoms with E-state index in [1.54, 1.807) is 7.11 Å². The van der Waals surface area contributed by atoms with Gasteiger partial charge in [0.2, 0.25) is 0 Å². The van der Waals surface area contributed by atoms with Crippen LogP contribution in [0.1, 0.15) is 12.8 Å². The number of aromatic hydroxyl groups is 1. The van der Waals surface area contributed by atoms with Crippen LogP contribution in [-0.4, -0.2) is 72.4 Å². The summed E-state index contributed by atoms with van der Waals surface area (Å²) >= 11 is 0. The quantitative estimate of drug-likeness (QED) is 0.457. The fourth-order valence-corrected chi connectivity index (χ4v) is 5.72. The van der Waals surface area contributed by atoms with E-state index in [2.05, 4.69) is 36.8 Å². The van der Waals surface area contributed by atoms with E-state index in [-0.39, 0.29) is 11.6 Å². The Morgan fingerprint density at radius 2 is 1.67 bits per heavy atom. The number of anilines is 2. The fourth-order valence-electron chi connectivity index (χ4n) is 5.72. The lowest BCUT2D eigenvalue weighted by molar-refractivity contribution is 0.160. The summed E-state index contributed by atoms with van der Waals surface area (Å²) in [6.07, 6.45) is 5.35. The van der Waals surface area contributed by atoms with Crippen molar-refractivity contribution in [3.63, 3.8) is 0 Å². The van der Waals surface area contributed by atoms with Crippen LogP contribution in [0.5, 0.6) is 11.5 Å². The summed E-state index contributed by atoms with van der Waals surface area (Å²) in [4.78, 5) is 16.3. The maximum atomic E-state index is 14.3. The van der Waals surface area contributed by atoms with Gasteiger partial charge in [0.25, 0.3) is 0 Å². The normalized spacial score (nSPS) is 17.7. The number of hydrogen-bond acceptors (Lipinski definition) is 7. The van der Waals surface area contributed by atoms with Gasteiger partial charge >= 0.3 is 0 Å². The molecule has 2 saturated heterocycles. The van der Waals surface area contributed by atoms with Gasteiger partial charge in [0.05, 0.1) is 35.7 Å². The maximum Gasteiger partial charge on any atom is 0.134 e. The van der Waals surface area contributed by atoms with E-state index in [1.807, 2.05) is 24.4 Å². The van der Waals surface area contributed by atoms with Gasteiger partial charge in [-0.25, -0.2) is 4.39 Å². The van der Waals surface area contributed by atoms with E-state index in [4.69, 9.17) is 4.74 Å². The number of halogens is 1. The third-order valence-electron chi connectivity index (χ3n) is 7.63. The molecular weight excluding hydrogens is 457 g/mol. The van der Waals surface area contributed by atoms with Crippen LogP contribution in [0, 0.1) is 5.82 Å². The van der Waals surface area contributed by atoms with Crippen LogP contribution in [0.25, 0.3) is 21.8 Å². The largest absolute Gasteiger partial charge is 0.506 e. The van der Waals surface area contributed by atoms with Gasteiger partial charge in [-0.2, -0.15) is 0 Å². The average molecular weight is 488 g/mol. The molecule has 2 aromatic carbocycles. The second-order valence-electron chi connectivity index (χ2n) is 9.62. The highest BCUT2D eigenvalue weighted by atomic mass is 19.1. The van der Waals surface area contributed by atoms with E-state index in [0.29, 0.717) is 16.9 Å². The minimum Gasteiger partial charge on any atom is -0.506 e. The van der Waals surface area contributed by atoms with Gasteiger partial charge in [-0.15, -0.1) is 0 Å². The summed E-state index contributed by atoms with van der Waals surface area (Å²) in [6.45, 7) is 5.73. The molecule has 36 heavy (non-hydrogen) atoms. The minimum atomic E-state index is -0.357. The highest BCUT2D eigenvalue weighted by molar-refractivity contribution is 5.93. The van der Waals surface area contributed by atoms with Gasteiger partial charge in [-0.05, 0) is 43.2 Å². The molecule has 2 aromatic heterocycles. The zero-order valence-corrected chi connectivity index (χ0v) is 20.4. The van der Waals surface area contributed by atoms with E-state index in [9.17, 15) is 9.50 Å². The Morgan fingerprint density at radius 1 is 0.889 bits per heavy atom. The Hall–Kier alpha value is -3.65. The number of pyridine rings is 2. The molecule has 2 aliphatic rings. The average Bonchev–Trinajstić information content (AvgIpc) is 2.93. The Morgan fingerprint density at radius 3 is 2.44 bits per heavy atom. The molecule has 4 aromatic rings. The van der Waals surface area contributed by atoms with Gasteiger partial charge in [0.1, 0.15) is 17.3 Å². The van der Waals surface area contributed by atoms with Crippen LogP contribution >= 0.6 is 0 Å². The Bertz CT molecular complexity index is 1400. The van der Waals surface area contributed by atoms with Crippen molar-refractivity contribution in [2.75, 3.05) is 56.2 Å². The summed E-state index contributed by atoms with van der Waals surface area (Å²) in [5.41, 5.74) is 3.71.